The van der Waals surface area contributed by atoms with Crippen LogP contribution < -0.4 is 10.5 Å². The standard InChI is InChI=1S/C12H13F2N3O2S2/c1-3-9-6(2)20-12(16-9)17-21(18,19)10-5-7(15)4-8(13)11(10)14/h4-5H,3,15H2,1-2H3,(H,16,17). The van der Waals surface area contributed by atoms with E-state index in [0.29, 0.717) is 6.42 Å². The number of nitrogen functional groups attached to an aromatic ring is 1. The van der Waals surface area contributed by atoms with Crippen LogP contribution in [0.15, 0.2) is 17.0 Å². The minimum atomic E-state index is -4.30. The van der Waals surface area contributed by atoms with E-state index in [-0.39, 0.29) is 10.8 Å². The number of nitrogens with two attached hydrogens (primary N) is 1. The van der Waals surface area contributed by atoms with Gasteiger partial charge in [0.25, 0.3) is 10.0 Å². The molecule has 114 valence electrons. The Morgan fingerprint density at radius 2 is 2.05 bits per heavy atom. The van der Waals surface area contributed by atoms with Crippen LogP contribution in [0.3, 0.4) is 0 Å². The quantitative estimate of drug-likeness (QED) is 0.843. The lowest BCUT2D eigenvalue weighted by atomic mass is 10.3. The van der Waals surface area contributed by atoms with Gasteiger partial charge in [0.15, 0.2) is 16.8 Å². The molecule has 1 aromatic heterocycles. The maximum Gasteiger partial charge on any atom is 0.266 e. The van der Waals surface area contributed by atoms with Crippen molar-refractivity contribution in [2.24, 2.45) is 0 Å². The van der Waals surface area contributed by atoms with E-state index < -0.39 is 26.6 Å². The van der Waals surface area contributed by atoms with Gasteiger partial charge in [-0.25, -0.2) is 22.2 Å². The number of nitrogens with one attached hydrogen (secondary N) is 1. The van der Waals surface area contributed by atoms with Gasteiger partial charge >= 0.3 is 0 Å². The molecule has 1 aromatic carbocycles. The van der Waals surface area contributed by atoms with Crippen LogP contribution in [0.1, 0.15) is 17.5 Å². The van der Waals surface area contributed by atoms with E-state index >= 15 is 0 Å². The molecule has 0 saturated heterocycles. The van der Waals surface area contributed by atoms with E-state index in [1.54, 1.807) is 6.92 Å². The summed E-state index contributed by atoms with van der Waals surface area (Å²) in [5.74, 6) is -2.79. The number of hydrogen-bond acceptors (Lipinski definition) is 5. The van der Waals surface area contributed by atoms with Crippen molar-refractivity contribution in [1.82, 2.24) is 4.98 Å². The number of hydrogen-bond donors (Lipinski definition) is 2. The lowest BCUT2D eigenvalue weighted by Crippen LogP contribution is -2.15. The van der Waals surface area contributed by atoms with Crippen molar-refractivity contribution in [3.8, 4) is 0 Å². The zero-order valence-corrected chi connectivity index (χ0v) is 12.9. The molecule has 0 amide bonds. The lowest BCUT2D eigenvalue weighted by Gasteiger charge is -2.07. The fourth-order valence-electron chi connectivity index (χ4n) is 1.75. The predicted octanol–water partition coefficient (Wildman–Crippen LogP) is 2.68. The molecule has 5 nitrogen and oxygen atoms in total. The van der Waals surface area contributed by atoms with Gasteiger partial charge in [-0.1, -0.05) is 6.92 Å². The first-order chi connectivity index (χ1) is 9.74. The van der Waals surface area contributed by atoms with Crippen molar-refractivity contribution in [2.45, 2.75) is 25.2 Å². The summed E-state index contributed by atoms with van der Waals surface area (Å²) in [4.78, 5) is 4.11. The first-order valence-electron chi connectivity index (χ1n) is 5.98. The van der Waals surface area contributed by atoms with Crippen LogP contribution in [-0.4, -0.2) is 13.4 Å². The van der Waals surface area contributed by atoms with E-state index in [9.17, 15) is 17.2 Å². The molecule has 0 atom stereocenters. The van der Waals surface area contributed by atoms with Crippen molar-refractivity contribution in [1.29, 1.82) is 0 Å². The highest BCUT2D eigenvalue weighted by Gasteiger charge is 2.24. The molecular weight excluding hydrogens is 320 g/mol. The number of rotatable bonds is 4. The average molecular weight is 333 g/mol. The second-order valence-corrected chi connectivity index (χ2v) is 7.15. The molecular formula is C12H13F2N3O2S2. The molecule has 0 fully saturated rings. The van der Waals surface area contributed by atoms with Gasteiger partial charge in [0.1, 0.15) is 4.90 Å². The van der Waals surface area contributed by atoms with E-state index in [4.69, 9.17) is 5.73 Å². The highest BCUT2D eigenvalue weighted by atomic mass is 32.2. The minimum Gasteiger partial charge on any atom is -0.399 e. The van der Waals surface area contributed by atoms with Crippen LogP contribution in [-0.2, 0) is 16.4 Å². The van der Waals surface area contributed by atoms with Gasteiger partial charge in [-0.05, 0) is 25.5 Å². The highest BCUT2D eigenvalue weighted by molar-refractivity contribution is 7.93. The zero-order valence-electron chi connectivity index (χ0n) is 11.3. The van der Waals surface area contributed by atoms with Crippen LogP contribution in [0.4, 0.5) is 19.6 Å². The van der Waals surface area contributed by atoms with Gasteiger partial charge in [-0.3, -0.25) is 4.72 Å². The van der Waals surface area contributed by atoms with Crippen LogP contribution in [0, 0.1) is 18.6 Å². The number of halogens is 2. The van der Waals surface area contributed by atoms with Gasteiger partial charge in [0, 0.05) is 10.6 Å². The second kappa shape index (κ2) is 5.57. The third kappa shape index (κ3) is 3.13. The molecule has 0 saturated carbocycles. The SMILES string of the molecule is CCc1nc(NS(=O)(=O)c2cc(N)cc(F)c2F)sc1C. The smallest absolute Gasteiger partial charge is 0.266 e. The number of aromatic nitrogens is 1. The predicted molar refractivity (Wildman–Crippen MR) is 77.8 cm³/mol. The summed E-state index contributed by atoms with van der Waals surface area (Å²) in [6.45, 7) is 3.68. The molecule has 0 bridgehead atoms. The number of sulfonamides is 1. The fraction of sp³-hybridized carbons (Fsp3) is 0.250. The monoisotopic (exact) mass is 333 g/mol. The molecule has 0 radical (unpaired) electrons. The normalized spacial score (nSPS) is 11.6. The summed E-state index contributed by atoms with van der Waals surface area (Å²) >= 11 is 1.13. The summed E-state index contributed by atoms with van der Waals surface area (Å²) in [6, 6.07) is 1.58. The molecule has 0 aliphatic carbocycles. The van der Waals surface area contributed by atoms with Gasteiger partial charge in [0.05, 0.1) is 5.69 Å². The molecule has 3 N–H and O–H groups in total. The largest absolute Gasteiger partial charge is 0.399 e. The first kappa shape index (κ1) is 15.6. The Morgan fingerprint density at radius 3 is 2.62 bits per heavy atom. The Hall–Kier alpha value is -1.74. The lowest BCUT2D eigenvalue weighted by molar-refractivity contribution is 0.486. The summed E-state index contributed by atoms with van der Waals surface area (Å²) < 4.78 is 53.3. The maximum atomic E-state index is 13.7. The van der Waals surface area contributed by atoms with E-state index in [1.165, 1.54) is 0 Å². The Morgan fingerprint density at radius 1 is 1.38 bits per heavy atom. The molecule has 0 unspecified atom stereocenters. The fourth-order valence-corrected chi connectivity index (χ4v) is 4.01. The van der Waals surface area contributed by atoms with Crippen molar-refractivity contribution >= 4 is 32.2 Å². The Bertz CT molecular complexity index is 788. The van der Waals surface area contributed by atoms with Gasteiger partial charge in [-0.15, -0.1) is 11.3 Å². The van der Waals surface area contributed by atoms with Crippen molar-refractivity contribution < 1.29 is 17.2 Å². The Balaban J connectivity index is 2.43. The minimum absolute atomic E-state index is 0.103. The number of anilines is 2. The molecule has 0 spiro atoms. The van der Waals surface area contributed by atoms with Crippen LogP contribution >= 0.6 is 11.3 Å². The molecule has 2 aromatic rings. The van der Waals surface area contributed by atoms with Crippen molar-refractivity contribution in [2.75, 3.05) is 10.5 Å². The van der Waals surface area contributed by atoms with E-state index in [0.717, 1.165) is 34.0 Å². The second-order valence-electron chi connectivity index (χ2n) is 4.30. The van der Waals surface area contributed by atoms with Crippen molar-refractivity contribution in [3.05, 3.63) is 34.3 Å². The third-order valence-corrected chi connectivity index (χ3v) is 5.15. The van der Waals surface area contributed by atoms with Crippen LogP contribution in [0.5, 0.6) is 0 Å². The maximum absolute atomic E-state index is 13.7. The summed E-state index contributed by atoms with van der Waals surface area (Å²) in [7, 11) is -4.30. The third-order valence-electron chi connectivity index (χ3n) is 2.76. The van der Waals surface area contributed by atoms with Gasteiger partial charge < -0.3 is 5.73 Å². The molecule has 9 heteroatoms. The summed E-state index contributed by atoms with van der Waals surface area (Å²) in [5.41, 5.74) is 5.92. The molecule has 0 aliphatic rings. The molecule has 0 aliphatic heterocycles. The summed E-state index contributed by atoms with van der Waals surface area (Å²) in [5, 5.41) is 0.103. The topological polar surface area (TPSA) is 85.1 Å². The molecule has 2 rings (SSSR count). The Labute approximate surface area is 124 Å². The Kier molecular flexibility index (Phi) is 4.15. The van der Waals surface area contributed by atoms with Gasteiger partial charge in [0.2, 0.25) is 0 Å². The van der Waals surface area contributed by atoms with Gasteiger partial charge in [-0.2, -0.15) is 0 Å². The number of nitrogens with zero attached hydrogens (tertiary/aromatic N) is 1. The van der Waals surface area contributed by atoms with Crippen LogP contribution in [0.2, 0.25) is 0 Å². The van der Waals surface area contributed by atoms with Crippen LogP contribution in [0.25, 0.3) is 0 Å². The highest BCUT2D eigenvalue weighted by Crippen LogP contribution is 2.27. The number of benzene rings is 1. The summed E-state index contributed by atoms with van der Waals surface area (Å²) in [6.07, 6.45) is 0.644. The zero-order chi connectivity index (χ0) is 15.8. The first-order valence-corrected chi connectivity index (χ1v) is 8.28. The number of aryl methyl sites for hydroxylation is 2. The van der Waals surface area contributed by atoms with E-state index in [2.05, 4.69) is 9.71 Å². The number of thiazole rings is 1. The van der Waals surface area contributed by atoms with E-state index in [1.807, 2.05) is 6.92 Å². The molecule has 1 heterocycles. The average Bonchev–Trinajstić information content (AvgIpc) is 2.72. The molecule has 21 heavy (non-hydrogen) atoms. The van der Waals surface area contributed by atoms with Crippen molar-refractivity contribution in [3.63, 3.8) is 0 Å².